The van der Waals surface area contributed by atoms with E-state index in [4.69, 9.17) is 0 Å². The molecule has 0 aliphatic rings. The lowest BCUT2D eigenvalue weighted by Gasteiger charge is -2.00. The number of nitrogens with zero attached hydrogens (tertiary/aromatic N) is 2. The third-order valence-corrected chi connectivity index (χ3v) is 2.93. The molecule has 2 rings (SSSR count). The standard InChI is InChI=1S/C11H13N3OS/c1-2-3-4-12-10(15)7-9-8-14-5-6-16-11(14)13-9/h2,5-6,8H,1,3-4,7H2,(H,12,15). The average molecular weight is 235 g/mol. The third-order valence-electron chi connectivity index (χ3n) is 2.16. The van der Waals surface area contributed by atoms with Crippen molar-refractivity contribution < 1.29 is 4.79 Å². The van der Waals surface area contributed by atoms with Crippen LogP contribution in [-0.2, 0) is 11.2 Å². The zero-order valence-electron chi connectivity index (χ0n) is 8.85. The summed E-state index contributed by atoms with van der Waals surface area (Å²) >= 11 is 1.56. The smallest absolute Gasteiger partial charge is 0.226 e. The van der Waals surface area contributed by atoms with Crippen molar-refractivity contribution in [3.05, 3.63) is 36.1 Å². The molecule has 84 valence electrons. The molecule has 16 heavy (non-hydrogen) atoms. The number of hydrogen-bond acceptors (Lipinski definition) is 3. The average Bonchev–Trinajstić information content (AvgIpc) is 2.78. The normalized spacial score (nSPS) is 10.5. The van der Waals surface area contributed by atoms with Gasteiger partial charge in [0.2, 0.25) is 5.91 Å². The van der Waals surface area contributed by atoms with Crippen molar-refractivity contribution >= 4 is 22.2 Å². The number of aromatic nitrogens is 2. The highest BCUT2D eigenvalue weighted by Crippen LogP contribution is 2.11. The van der Waals surface area contributed by atoms with Gasteiger partial charge >= 0.3 is 0 Å². The van der Waals surface area contributed by atoms with E-state index in [1.54, 1.807) is 17.4 Å². The van der Waals surface area contributed by atoms with Gasteiger partial charge in [0.15, 0.2) is 4.96 Å². The Morgan fingerprint density at radius 3 is 3.31 bits per heavy atom. The predicted octanol–water partition coefficient (Wildman–Crippen LogP) is 1.63. The number of imidazole rings is 1. The molecule has 0 saturated carbocycles. The topological polar surface area (TPSA) is 46.4 Å². The number of nitrogens with one attached hydrogen (secondary N) is 1. The van der Waals surface area contributed by atoms with E-state index in [-0.39, 0.29) is 5.91 Å². The molecular formula is C11H13N3OS. The number of fused-ring (bicyclic) bond motifs is 1. The molecule has 0 saturated heterocycles. The minimum absolute atomic E-state index is 0.00704. The third kappa shape index (κ3) is 2.49. The first-order valence-electron chi connectivity index (χ1n) is 5.08. The Morgan fingerprint density at radius 2 is 2.56 bits per heavy atom. The molecule has 0 spiro atoms. The molecule has 4 nitrogen and oxygen atoms in total. The lowest BCUT2D eigenvalue weighted by molar-refractivity contribution is -0.120. The molecule has 2 aromatic rings. The fraction of sp³-hybridized carbons (Fsp3) is 0.273. The van der Waals surface area contributed by atoms with E-state index >= 15 is 0 Å². The van der Waals surface area contributed by atoms with Gasteiger partial charge in [0.1, 0.15) is 0 Å². The van der Waals surface area contributed by atoms with Crippen molar-refractivity contribution in [3.8, 4) is 0 Å². The van der Waals surface area contributed by atoms with Gasteiger partial charge < -0.3 is 5.32 Å². The molecule has 5 heteroatoms. The van der Waals surface area contributed by atoms with Gasteiger partial charge in [-0.1, -0.05) is 6.08 Å². The Bertz CT molecular complexity index is 472. The van der Waals surface area contributed by atoms with Crippen molar-refractivity contribution in [1.82, 2.24) is 14.7 Å². The number of carbonyl (C=O) groups excluding carboxylic acids is 1. The summed E-state index contributed by atoms with van der Waals surface area (Å²) in [7, 11) is 0. The summed E-state index contributed by atoms with van der Waals surface area (Å²) in [4.78, 5) is 16.8. The second-order valence-electron chi connectivity index (χ2n) is 3.43. The van der Waals surface area contributed by atoms with Crippen molar-refractivity contribution in [2.45, 2.75) is 12.8 Å². The van der Waals surface area contributed by atoms with Crippen LogP contribution in [-0.4, -0.2) is 21.8 Å². The molecule has 2 heterocycles. The molecule has 0 fully saturated rings. The molecule has 0 aromatic carbocycles. The van der Waals surface area contributed by atoms with Crippen LogP contribution in [0.2, 0.25) is 0 Å². The zero-order chi connectivity index (χ0) is 11.4. The molecular weight excluding hydrogens is 222 g/mol. The van der Waals surface area contributed by atoms with Crippen molar-refractivity contribution in [3.63, 3.8) is 0 Å². The number of rotatable bonds is 5. The van der Waals surface area contributed by atoms with Crippen LogP contribution in [0.5, 0.6) is 0 Å². The molecule has 0 aliphatic heterocycles. The number of amides is 1. The maximum Gasteiger partial charge on any atom is 0.226 e. The molecule has 0 atom stereocenters. The van der Waals surface area contributed by atoms with E-state index in [1.165, 1.54) is 0 Å². The van der Waals surface area contributed by atoms with Crippen LogP contribution in [0, 0.1) is 0 Å². The summed E-state index contributed by atoms with van der Waals surface area (Å²) in [5, 5.41) is 4.78. The molecule has 0 unspecified atom stereocenters. The molecule has 2 aromatic heterocycles. The van der Waals surface area contributed by atoms with Gasteiger partial charge in [-0.2, -0.15) is 0 Å². The highest BCUT2D eigenvalue weighted by Gasteiger charge is 2.07. The predicted molar refractivity (Wildman–Crippen MR) is 64.6 cm³/mol. The fourth-order valence-corrected chi connectivity index (χ4v) is 2.12. The van der Waals surface area contributed by atoms with Crippen molar-refractivity contribution in [1.29, 1.82) is 0 Å². The van der Waals surface area contributed by atoms with Gasteiger partial charge in [0, 0.05) is 24.3 Å². The van der Waals surface area contributed by atoms with E-state index in [2.05, 4.69) is 16.9 Å². The quantitative estimate of drug-likeness (QED) is 0.632. The number of thiazole rings is 1. The van der Waals surface area contributed by atoms with Crippen molar-refractivity contribution in [2.75, 3.05) is 6.54 Å². The maximum atomic E-state index is 11.5. The Balaban J connectivity index is 1.91. The van der Waals surface area contributed by atoms with E-state index in [0.29, 0.717) is 13.0 Å². The zero-order valence-corrected chi connectivity index (χ0v) is 9.67. The van der Waals surface area contributed by atoms with E-state index in [9.17, 15) is 4.79 Å². The van der Waals surface area contributed by atoms with Crippen LogP contribution < -0.4 is 5.32 Å². The Labute approximate surface area is 97.6 Å². The van der Waals surface area contributed by atoms with Crippen LogP contribution >= 0.6 is 11.3 Å². The van der Waals surface area contributed by atoms with Gasteiger partial charge in [-0.3, -0.25) is 9.20 Å². The van der Waals surface area contributed by atoms with Crippen LogP contribution in [0.3, 0.4) is 0 Å². The number of hydrogen-bond donors (Lipinski definition) is 1. The second kappa shape index (κ2) is 4.94. The molecule has 0 bridgehead atoms. The van der Waals surface area contributed by atoms with Crippen LogP contribution in [0.15, 0.2) is 30.4 Å². The molecule has 1 amide bonds. The maximum absolute atomic E-state index is 11.5. The second-order valence-corrected chi connectivity index (χ2v) is 4.30. The molecule has 0 aliphatic carbocycles. The SMILES string of the molecule is C=CCCNC(=O)Cc1cn2ccsc2n1. The summed E-state index contributed by atoms with van der Waals surface area (Å²) in [5.74, 6) is 0.00704. The minimum Gasteiger partial charge on any atom is -0.355 e. The summed E-state index contributed by atoms with van der Waals surface area (Å²) in [6.07, 6.45) is 6.74. The Hall–Kier alpha value is -1.62. The highest BCUT2D eigenvalue weighted by molar-refractivity contribution is 7.15. The summed E-state index contributed by atoms with van der Waals surface area (Å²) in [6, 6.07) is 0. The van der Waals surface area contributed by atoms with Gasteiger partial charge in [0.25, 0.3) is 0 Å². The van der Waals surface area contributed by atoms with Crippen LogP contribution in [0.4, 0.5) is 0 Å². The first kappa shape index (κ1) is 10.9. The first-order chi connectivity index (χ1) is 7.79. The van der Waals surface area contributed by atoms with Gasteiger partial charge in [-0.05, 0) is 6.42 Å². The van der Waals surface area contributed by atoms with E-state index in [1.807, 2.05) is 22.2 Å². The highest BCUT2D eigenvalue weighted by atomic mass is 32.1. The molecule has 1 N–H and O–H groups in total. The summed E-state index contributed by atoms with van der Waals surface area (Å²) in [6.45, 7) is 4.24. The Kier molecular flexibility index (Phi) is 3.36. The van der Waals surface area contributed by atoms with Crippen LogP contribution in [0.25, 0.3) is 4.96 Å². The lowest BCUT2D eigenvalue weighted by atomic mass is 10.3. The monoisotopic (exact) mass is 235 g/mol. The number of carbonyl (C=O) groups is 1. The largest absolute Gasteiger partial charge is 0.355 e. The lowest BCUT2D eigenvalue weighted by Crippen LogP contribution is -2.25. The van der Waals surface area contributed by atoms with Gasteiger partial charge in [-0.15, -0.1) is 17.9 Å². The van der Waals surface area contributed by atoms with Crippen molar-refractivity contribution in [2.24, 2.45) is 0 Å². The van der Waals surface area contributed by atoms with E-state index < -0.39 is 0 Å². The van der Waals surface area contributed by atoms with Gasteiger partial charge in [-0.25, -0.2) is 4.98 Å². The van der Waals surface area contributed by atoms with Gasteiger partial charge in [0.05, 0.1) is 12.1 Å². The fourth-order valence-electron chi connectivity index (χ4n) is 1.40. The summed E-state index contributed by atoms with van der Waals surface area (Å²) in [5.41, 5.74) is 0.808. The molecule has 0 radical (unpaired) electrons. The van der Waals surface area contributed by atoms with Crippen LogP contribution in [0.1, 0.15) is 12.1 Å². The first-order valence-corrected chi connectivity index (χ1v) is 5.96. The van der Waals surface area contributed by atoms with E-state index in [0.717, 1.165) is 17.1 Å². The summed E-state index contributed by atoms with van der Waals surface area (Å²) < 4.78 is 1.93. The Morgan fingerprint density at radius 1 is 1.69 bits per heavy atom. The minimum atomic E-state index is 0.00704.